The van der Waals surface area contributed by atoms with E-state index in [0.717, 1.165) is 42.4 Å². The molecule has 2 N–H and O–H groups in total. The van der Waals surface area contributed by atoms with E-state index in [0.29, 0.717) is 29.3 Å². The lowest BCUT2D eigenvalue weighted by molar-refractivity contribution is -0.146. The van der Waals surface area contributed by atoms with Gasteiger partial charge in [0, 0.05) is 4.88 Å². The number of aliphatic carboxylic acids is 1. The average molecular weight is 387 g/mol. The van der Waals surface area contributed by atoms with Gasteiger partial charge in [0.05, 0.1) is 17.4 Å². The summed E-state index contributed by atoms with van der Waals surface area (Å²) in [7, 11) is 0. The predicted molar refractivity (Wildman–Crippen MR) is 106 cm³/mol. The molecule has 0 spiro atoms. The van der Waals surface area contributed by atoms with Gasteiger partial charge in [-0.05, 0) is 57.4 Å². The summed E-state index contributed by atoms with van der Waals surface area (Å²) in [6.45, 7) is 6.08. The molecule has 0 aliphatic heterocycles. The minimum Gasteiger partial charge on any atom is -0.481 e. The smallest absolute Gasteiger partial charge is 0.307 e. The third-order valence-corrected chi connectivity index (χ3v) is 7.38. The molecule has 5 nitrogen and oxygen atoms in total. The first-order valence-electron chi connectivity index (χ1n) is 9.59. The highest BCUT2D eigenvalue weighted by Gasteiger charge is 2.38. The van der Waals surface area contributed by atoms with Gasteiger partial charge in [-0.15, -0.1) is 11.3 Å². The zero-order chi connectivity index (χ0) is 19.7. The lowest BCUT2D eigenvalue weighted by atomic mass is 9.76. The second-order valence-electron chi connectivity index (χ2n) is 7.85. The molecule has 27 heavy (non-hydrogen) atoms. The molecule has 6 heteroatoms. The number of carboxylic acids is 1. The third kappa shape index (κ3) is 3.79. The number of hydrogen-bond acceptors (Lipinski definition) is 4. The molecule has 3 atom stereocenters. The van der Waals surface area contributed by atoms with E-state index in [-0.39, 0.29) is 5.91 Å². The molecule has 0 fully saturated rings. The standard InChI is InChI=1S/C21H26N2O3S/c1-4-13-5-6-14-17(10-22)20(27-18(14)9-13)23-19(24)15-7-11(2)12(3)8-16(15)21(25)26/h13,15-16H,4-9H2,1-3H3,(H,23,24)(H,25,26)/t13-,15-,16-/m0/s1. The van der Waals surface area contributed by atoms with Crippen LogP contribution in [0.4, 0.5) is 5.00 Å². The summed E-state index contributed by atoms with van der Waals surface area (Å²) in [4.78, 5) is 25.8. The highest BCUT2D eigenvalue weighted by Crippen LogP contribution is 2.41. The molecule has 3 rings (SSSR count). The molecular formula is C21H26N2O3S. The Balaban J connectivity index is 1.85. The maximum atomic E-state index is 12.9. The summed E-state index contributed by atoms with van der Waals surface area (Å²) in [5.74, 6) is -1.88. The highest BCUT2D eigenvalue weighted by atomic mass is 32.1. The number of anilines is 1. The van der Waals surface area contributed by atoms with Crippen molar-refractivity contribution in [2.75, 3.05) is 5.32 Å². The Morgan fingerprint density at radius 1 is 1.22 bits per heavy atom. The van der Waals surface area contributed by atoms with E-state index in [9.17, 15) is 20.0 Å². The zero-order valence-electron chi connectivity index (χ0n) is 16.1. The molecule has 0 saturated heterocycles. The number of carboxylic acid groups (broad SMARTS) is 1. The number of hydrogen-bond donors (Lipinski definition) is 2. The first-order valence-corrected chi connectivity index (χ1v) is 10.4. The van der Waals surface area contributed by atoms with Gasteiger partial charge in [-0.25, -0.2) is 0 Å². The van der Waals surface area contributed by atoms with E-state index < -0.39 is 17.8 Å². The van der Waals surface area contributed by atoms with Gasteiger partial charge in [0.2, 0.25) is 5.91 Å². The molecule has 1 amide bonds. The minimum absolute atomic E-state index is 0.281. The van der Waals surface area contributed by atoms with E-state index in [1.807, 2.05) is 13.8 Å². The van der Waals surface area contributed by atoms with Crippen LogP contribution in [0.5, 0.6) is 0 Å². The molecular weight excluding hydrogens is 360 g/mol. The quantitative estimate of drug-likeness (QED) is 0.744. The van der Waals surface area contributed by atoms with Gasteiger partial charge in [0.25, 0.3) is 0 Å². The third-order valence-electron chi connectivity index (χ3n) is 6.21. The lowest BCUT2D eigenvalue weighted by Gasteiger charge is -2.29. The number of nitriles is 1. The van der Waals surface area contributed by atoms with Crippen LogP contribution in [0.15, 0.2) is 11.1 Å². The van der Waals surface area contributed by atoms with Crippen LogP contribution in [0.25, 0.3) is 0 Å². The molecule has 144 valence electrons. The van der Waals surface area contributed by atoms with Gasteiger partial charge >= 0.3 is 5.97 Å². The number of rotatable bonds is 4. The number of amides is 1. The molecule has 0 aromatic carbocycles. The maximum Gasteiger partial charge on any atom is 0.307 e. The van der Waals surface area contributed by atoms with Crippen molar-refractivity contribution in [2.45, 2.75) is 59.3 Å². The van der Waals surface area contributed by atoms with Crippen LogP contribution < -0.4 is 5.32 Å². The lowest BCUT2D eigenvalue weighted by Crippen LogP contribution is -2.36. The van der Waals surface area contributed by atoms with Crippen molar-refractivity contribution in [1.82, 2.24) is 0 Å². The first kappa shape index (κ1) is 19.6. The molecule has 2 aliphatic carbocycles. The Labute approximate surface area is 164 Å². The molecule has 0 bridgehead atoms. The zero-order valence-corrected chi connectivity index (χ0v) is 16.9. The van der Waals surface area contributed by atoms with Crippen molar-refractivity contribution in [1.29, 1.82) is 5.26 Å². The monoisotopic (exact) mass is 386 g/mol. The fourth-order valence-corrected chi connectivity index (χ4v) is 5.56. The predicted octanol–water partition coefficient (Wildman–Crippen LogP) is 4.52. The van der Waals surface area contributed by atoms with Crippen molar-refractivity contribution in [3.8, 4) is 6.07 Å². The van der Waals surface area contributed by atoms with Gasteiger partial charge < -0.3 is 10.4 Å². The van der Waals surface area contributed by atoms with Crippen molar-refractivity contribution < 1.29 is 14.7 Å². The number of fused-ring (bicyclic) bond motifs is 1. The molecule has 1 aromatic heterocycles. The van der Waals surface area contributed by atoms with Gasteiger partial charge in [0.15, 0.2) is 0 Å². The summed E-state index contributed by atoms with van der Waals surface area (Å²) < 4.78 is 0. The molecule has 0 unspecified atom stereocenters. The van der Waals surface area contributed by atoms with Crippen LogP contribution in [0.3, 0.4) is 0 Å². The Bertz CT molecular complexity index is 846. The SMILES string of the molecule is CC[C@H]1CCc2c(sc(NC(=O)[C@H]3CC(C)=C(C)C[C@@H]3C(=O)O)c2C#N)C1. The Hall–Kier alpha value is -2.13. The van der Waals surface area contributed by atoms with Crippen LogP contribution in [-0.4, -0.2) is 17.0 Å². The Morgan fingerprint density at radius 2 is 1.89 bits per heavy atom. The average Bonchev–Trinajstić information content (AvgIpc) is 2.98. The Kier molecular flexibility index (Phi) is 5.71. The van der Waals surface area contributed by atoms with Gasteiger partial charge in [-0.2, -0.15) is 5.26 Å². The van der Waals surface area contributed by atoms with E-state index in [1.54, 1.807) is 0 Å². The topological polar surface area (TPSA) is 90.2 Å². The van der Waals surface area contributed by atoms with Crippen LogP contribution in [0.1, 0.15) is 62.5 Å². The number of thiophene rings is 1. The van der Waals surface area contributed by atoms with Crippen LogP contribution in [-0.2, 0) is 22.4 Å². The van der Waals surface area contributed by atoms with E-state index >= 15 is 0 Å². The van der Waals surface area contributed by atoms with Gasteiger partial charge in [-0.3, -0.25) is 9.59 Å². The normalized spacial score (nSPS) is 24.9. The second-order valence-corrected chi connectivity index (χ2v) is 8.95. The number of nitrogens with zero attached hydrogens (tertiary/aromatic N) is 1. The number of allylic oxidation sites excluding steroid dienone is 2. The van der Waals surface area contributed by atoms with Crippen LogP contribution in [0, 0.1) is 29.1 Å². The van der Waals surface area contributed by atoms with E-state index in [2.05, 4.69) is 18.3 Å². The molecule has 0 saturated carbocycles. The summed E-state index contributed by atoms with van der Waals surface area (Å²) in [5, 5.41) is 22.7. The van der Waals surface area contributed by atoms with Crippen molar-refractivity contribution in [2.24, 2.45) is 17.8 Å². The number of nitrogens with one attached hydrogen (secondary N) is 1. The minimum atomic E-state index is -0.932. The van der Waals surface area contributed by atoms with Crippen LogP contribution >= 0.6 is 11.3 Å². The van der Waals surface area contributed by atoms with Gasteiger partial charge in [0.1, 0.15) is 11.1 Å². The highest BCUT2D eigenvalue weighted by molar-refractivity contribution is 7.16. The molecule has 1 aromatic rings. The second kappa shape index (κ2) is 7.85. The number of carbonyl (C=O) groups is 2. The van der Waals surface area contributed by atoms with Crippen molar-refractivity contribution >= 4 is 28.2 Å². The molecule has 1 heterocycles. The van der Waals surface area contributed by atoms with Gasteiger partial charge in [-0.1, -0.05) is 24.5 Å². The summed E-state index contributed by atoms with van der Waals surface area (Å²) in [5.41, 5.74) is 3.79. The number of carbonyl (C=O) groups excluding carboxylic acids is 1. The molecule has 0 radical (unpaired) electrons. The van der Waals surface area contributed by atoms with E-state index in [4.69, 9.17) is 0 Å². The summed E-state index contributed by atoms with van der Waals surface area (Å²) in [6.07, 6.45) is 4.90. The first-order chi connectivity index (χ1) is 12.8. The summed E-state index contributed by atoms with van der Waals surface area (Å²) in [6, 6.07) is 2.26. The Morgan fingerprint density at radius 3 is 2.48 bits per heavy atom. The fraction of sp³-hybridized carbons (Fsp3) is 0.571. The maximum absolute atomic E-state index is 12.9. The summed E-state index contributed by atoms with van der Waals surface area (Å²) >= 11 is 1.50. The fourth-order valence-electron chi connectivity index (χ4n) is 4.24. The largest absolute Gasteiger partial charge is 0.481 e. The van der Waals surface area contributed by atoms with Crippen molar-refractivity contribution in [3.63, 3.8) is 0 Å². The molecule has 2 aliphatic rings. The van der Waals surface area contributed by atoms with E-state index in [1.165, 1.54) is 16.2 Å². The van der Waals surface area contributed by atoms with Crippen molar-refractivity contribution in [3.05, 3.63) is 27.2 Å². The van der Waals surface area contributed by atoms with Crippen LogP contribution in [0.2, 0.25) is 0 Å².